The fraction of sp³-hybridized carbons (Fsp3) is 0.200. The van der Waals surface area contributed by atoms with Crippen LogP contribution in [0.15, 0.2) is 52.9 Å². The molecule has 0 radical (unpaired) electrons. The van der Waals surface area contributed by atoms with Crippen LogP contribution >= 0.6 is 11.3 Å². The highest BCUT2D eigenvalue weighted by atomic mass is 32.1. The van der Waals surface area contributed by atoms with Gasteiger partial charge in [-0.2, -0.15) is 5.10 Å². The number of thiophene rings is 1. The first kappa shape index (κ1) is 12.1. The third-order valence-electron chi connectivity index (χ3n) is 3.21. The molecule has 1 aromatic heterocycles. The Labute approximate surface area is 116 Å². The molecule has 0 unspecified atom stereocenters. The van der Waals surface area contributed by atoms with Gasteiger partial charge < -0.3 is 0 Å². The van der Waals surface area contributed by atoms with E-state index in [2.05, 4.69) is 11.2 Å². The molecule has 0 aliphatic carbocycles. The van der Waals surface area contributed by atoms with Crippen molar-refractivity contribution in [3.8, 4) is 0 Å². The Morgan fingerprint density at radius 3 is 2.68 bits per heavy atom. The Balaban J connectivity index is 1.94. The van der Waals surface area contributed by atoms with E-state index in [1.165, 1.54) is 4.88 Å². The van der Waals surface area contributed by atoms with E-state index in [9.17, 15) is 4.79 Å². The van der Waals surface area contributed by atoms with Crippen LogP contribution in [-0.4, -0.2) is 16.6 Å². The molecule has 3 rings (SSSR count). The first-order valence-electron chi connectivity index (χ1n) is 6.22. The minimum absolute atomic E-state index is 0.00988. The molecule has 1 aromatic carbocycles. The van der Waals surface area contributed by atoms with Gasteiger partial charge in [-0.3, -0.25) is 4.79 Å². The van der Waals surface area contributed by atoms with E-state index in [4.69, 9.17) is 0 Å². The second kappa shape index (κ2) is 4.97. The summed E-state index contributed by atoms with van der Waals surface area (Å²) in [4.78, 5) is 12.9. The van der Waals surface area contributed by atoms with E-state index in [-0.39, 0.29) is 11.9 Å². The number of benzene rings is 1. The zero-order valence-electron chi connectivity index (χ0n) is 10.6. The summed E-state index contributed by atoms with van der Waals surface area (Å²) in [6.07, 6.45) is 0.782. The van der Waals surface area contributed by atoms with E-state index >= 15 is 0 Å². The molecule has 2 heterocycles. The Morgan fingerprint density at radius 2 is 2.05 bits per heavy atom. The highest BCUT2D eigenvalue weighted by Crippen LogP contribution is 2.34. The van der Waals surface area contributed by atoms with Crippen LogP contribution in [0.2, 0.25) is 0 Å². The van der Waals surface area contributed by atoms with Crippen molar-refractivity contribution in [2.45, 2.75) is 19.4 Å². The second-order valence-corrected chi connectivity index (χ2v) is 5.49. The average Bonchev–Trinajstić information content (AvgIpc) is 3.08. The molecule has 0 spiro atoms. The van der Waals surface area contributed by atoms with Crippen LogP contribution < -0.4 is 0 Å². The summed E-state index contributed by atoms with van der Waals surface area (Å²) in [5, 5.41) is 8.14. The van der Waals surface area contributed by atoms with Crippen LogP contribution in [0.4, 0.5) is 0 Å². The van der Waals surface area contributed by atoms with Crippen molar-refractivity contribution in [3.05, 3.63) is 58.3 Å². The lowest BCUT2D eigenvalue weighted by atomic mass is 10.0. The Morgan fingerprint density at radius 1 is 1.26 bits per heavy atom. The molecule has 0 bridgehead atoms. The van der Waals surface area contributed by atoms with Crippen LogP contribution in [-0.2, 0) is 4.79 Å². The maximum Gasteiger partial charge on any atom is 0.240 e. The lowest BCUT2D eigenvalue weighted by Crippen LogP contribution is -2.23. The number of rotatable bonds is 2. The number of carbonyl (C=O) groups is 1. The topological polar surface area (TPSA) is 32.7 Å². The molecule has 0 N–H and O–H groups in total. The molecule has 0 saturated carbocycles. The number of carbonyl (C=O) groups excluding carboxylic acids is 1. The predicted molar refractivity (Wildman–Crippen MR) is 77.2 cm³/mol. The first-order valence-corrected chi connectivity index (χ1v) is 7.10. The minimum Gasteiger partial charge on any atom is -0.273 e. The van der Waals surface area contributed by atoms with Crippen molar-refractivity contribution in [2.75, 3.05) is 0 Å². The van der Waals surface area contributed by atoms with Crippen LogP contribution in [0.1, 0.15) is 29.8 Å². The summed E-state index contributed by atoms with van der Waals surface area (Å²) in [6.45, 7) is 1.57. The highest BCUT2D eigenvalue weighted by molar-refractivity contribution is 7.10. The van der Waals surface area contributed by atoms with Gasteiger partial charge in [0, 0.05) is 18.2 Å². The molecule has 19 heavy (non-hydrogen) atoms. The molecule has 0 saturated heterocycles. The van der Waals surface area contributed by atoms with Crippen LogP contribution in [0, 0.1) is 0 Å². The van der Waals surface area contributed by atoms with Gasteiger partial charge in [-0.1, -0.05) is 36.4 Å². The third kappa shape index (κ3) is 2.31. The van der Waals surface area contributed by atoms with E-state index in [1.54, 1.807) is 23.3 Å². The summed E-state index contributed by atoms with van der Waals surface area (Å²) in [6, 6.07) is 14.2. The summed E-state index contributed by atoms with van der Waals surface area (Å²) >= 11 is 1.67. The van der Waals surface area contributed by atoms with Gasteiger partial charge in [0.1, 0.15) is 0 Å². The van der Waals surface area contributed by atoms with Gasteiger partial charge in [0.25, 0.3) is 0 Å². The monoisotopic (exact) mass is 270 g/mol. The Kier molecular flexibility index (Phi) is 3.17. The summed E-state index contributed by atoms with van der Waals surface area (Å²) in [5.74, 6) is -0.00988. The normalized spacial score (nSPS) is 18.5. The average molecular weight is 270 g/mol. The second-order valence-electron chi connectivity index (χ2n) is 4.51. The number of hydrogen-bond acceptors (Lipinski definition) is 3. The molecule has 1 aliphatic heterocycles. The summed E-state index contributed by atoms with van der Waals surface area (Å²) in [7, 11) is 0. The zero-order chi connectivity index (χ0) is 13.2. The standard InChI is InChI=1S/C15H14N2OS/c1-11(18)17-14(15-8-5-9-19-15)10-13(16-17)12-6-3-2-4-7-12/h2-9,14H,10H2,1H3/t14-/m0/s1. The van der Waals surface area contributed by atoms with Gasteiger partial charge in [-0.25, -0.2) is 5.01 Å². The molecule has 2 aromatic rings. The smallest absolute Gasteiger partial charge is 0.240 e. The predicted octanol–water partition coefficient (Wildman–Crippen LogP) is 3.45. The van der Waals surface area contributed by atoms with Crippen molar-refractivity contribution in [2.24, 2.45) is 5.10 Å². The maximum atomic E-state index is 11.8. The van der Waals surface area contributed by atoms with E-state index in [0.29, 0.717) is 0 Å². The molecular formula is C15H14N2OS. The van der Waals surface area contributed by atoms with Crippen molar-refractivity contribution in [1.82, 2.24) is 5.01 Å². The summed E-state index contributed by atoms with van der Waals surface area (Å²) in [5.41, 5.74) is 2.07. The number of amides is 1. The number of nitrogens with zero attached hydrogens (tertiary/aromatic N) is 2. The van der Waals surface area contributed by atoms with Crippen LogP contribution in [0.5, 0.6) is 0 Å². The van der Waals surface area contributed by atoms with Crippen molar-refractivity contribution in [1.29, 1.82) is 0 Å². The third-order valence-corrected chi connectivity index (χ3v) is 4.19. The lowest BCUT2D eigenvalue weighted by molar-refractivity contribution is -0.130. The molecule has 1 atom stereocenters. The molecule has 0 fully saturated rings. The largest absolute Gasteiger partial charge is 0.273 e. The minimum atomic E-state index is -0.00988. The van der Waals surface area contributed by atoms with Crippen LogP contribution in [0.3, 0.4) is 0 Å². The Bertz CT molecular complexity index is 604. The number of hydrogen-bond donors (Lipinski definition) is 0. The molecule has 3 nitrogen and oxygen atoms in total. The molecular weight excluding hydrogens is 256 g/mol. The SMILES string of the molecule is CC(=O)N1N=C(c2ccccc2)C[C@H]1c1cccs1. The molecule has 4 heteroatoms. The molecule has 96 valence electrons. The quantitative estimate of drug-likeness (QED) is 0.822. The molecule has 1 amide bonds. The van der Waals surface area contributed by atoms with Gasteiger partial charge in [0.2, 0.25) is 5.91 Å². The zero-order valence-corrected chi connectivity index (χ0v) is 11.4. The fourth-order valence-electron chi connectivity index (χ4n) is 2.31. The van der Waals surface area contributed by atoms with E-state index in [1.807, 2.05) is 41.8 Å². The Hall–Kier alpha value is -1.94. The van der Waals surface area contributed by atoms with E-state index < -0.39 is 0 Å². The van der Waals surface area contributed by atoms with Crippen molar-refractivity contribution >= 4 is 23.0 Å². The van der Waals surface area contributed by atoms with Gasteiger partial charge in [-0.05, 0) is 17.0 Å². The molecule has 1 aliphatic rings. The van der Waals surface area contributed by atoms with E-state index in [0.717, 1.165) is 17.7 Å². The van der Waals surface area contributed by atoms with Gasteiger partial charge in [0.05, 0.1) is 11.8 Å². The van der Waals surface area contributed by atoms with Crippen molar-refractivity contribution in [3.63, 3.8) is 0 Å². The lowest BCUT2D eigenvalue weighted by Gasteiger charge is -2.18. The summed E-state index contributed by atoms with van der Waals surface area (Å²) < 4.78 is 0. The van der Waals surface area contributed by atoms with Crippen molar-refractivity contribution < 1.29 is 4.79 Å². The fourth-order valence-corrected chi connectivity index (χ4v) is 3.12. The first-order chi connectivity index (χ1) is 9.25. The highest BCUT2D eigenvalue weighted by Gasteiger charge is 2.31. The van der Waals surface area contributed by atoms with Crippen LogP contribution in [0.25, 0.3) is 0 Å². The maximum absolute atomic E-state index is 11.8. The number of hydrazone groups is 1. The van der Waals surface area contributed by atoms with Gasteiger partial charge in [-0.15, -0.1) is 11.3 Å². The van der Waals surface area contributed by atoms with Gasteiger partial charge in [0.15, 0.2) is 0 Å². The van der Waals surface area contributed by atoms with Gasteiger partial charge >= 0.3 is 0 Å².